The summed E-state index contributed by atoms with van der Waals surface area (Å²) in [7, 11) is 0. The van der Waals surface area contributed by atoms with Gasteiger partial charge in [0.05, 0.1) is 0 Å². The van der Waals surface area contributed by atoms with E-state index in [0.717, 1.165) is 5.56 Å². The van der Waals surface area contributed by atoms with E-state index in [4.69, 9.17) is 5.73 Å². The highest BCUT2D eigenvalue weighted by Gasteiger charge is 2.35. The monoisotopic (exact) mass is 207 g/mol. The molecule has 0 aromatic heterocycles. The highest BCUT2D eigenvalue weighted by molar-refractivity contribution is 5.22. The lowest BCUT2D eigenvalue weighted by atomic mass is 9.78. The molecule has 2 rings (SSSR count). The van der Waals surface area contributed by atoms with Gasteiger partial charge in [-0.3, -0.25) is 0 Å². The van der Waals surface area contributed by atoms with Crippen molar-refractivity contribution in [2.75, 3.05) is 0 Å². The molecule has 1 saturated carbocycles. The van der Waals surface area contributed by atoms with Crippen LogP contribution in [0.1, 0.15) is 44.2 Å². The summed E-state index contributed by atoms with van der Waals surface area (Å²) < 4.78 is 12.8. The predicted octanol–water partition coefficient (Wildman–Crippen LogP) is 3.41. The molecule has 1 unspecified atom stereocenters. The first-order valence-corrected chi connectivity index (χ1v) is 5.63. The lowest BCUT2D eigenvalue weighted by Crippen LogP contribution is -2.29. The van der Waals surface area contributed by atoms with Gasteiger partial charge in [-0.25, -0.2) is 4.39 Å². The van der Waals surface area contributed by atoms with Gasteiger partial charge in [-0.15, -0.1) is 0 Å². The molecule has 0 radical (unpaired) electrons. The molecule has 0 heterocycles. The van der Waals surface area contributed by atoms with Gasteiger partial charge >= 0.3 is 0 Å². The predicted molar refractivity (Wildman–Crippen MR) is 59.9 cm³/mol. The maximum Gasteiger partial charge on any atom is 0.123 e. The SMILES string of the molecule is CC1(C(N)c2ccc(F)cc2)CCCC1. The molecule has 1 aromatic carbocycles. The molecule has 0 saturated heterocycles. The molecule has 0 bridgehead atoms. The van der Waals surface area contributed by atoms with Crippen LogP contribution < -0.4 is 5.73 Å². The van der Waals surface area contributed by atoms with Crippen LogP contribution in [0.4, 0.5) is 4.39 Å². The number of benzene rings is 1. The Balaban J connectivity index is 2.19. The third-order valence-electron chi connectivity index (χ3n) is 3.73. The van der Waals surface area contributed by atoms with E-state index in [-0.39, 0.29) is 17.3 Å². The minimum Gasteiger partial charge on any atom is -0.323 e. The summed E-state index contributed by atoms with van der Waals surface area (Å²) >= 11 is 0. The first-order valence-electron chi connectivity index (χ1n) is 5.63. The summed E-state index contributed by atoms with van der Waals surface area (Å²) in [6.07, 6.45) is 4.91. The standard InChI is InChI=1S/C13H18FN/c1-13(8-2-3-9-13)12(15)10-4-6-11(14)7-5-10/h4-7,12H,2-3,8-9,15H2,1H3. The van der Waals surface area contributed by atoms with Crippen molar-refractivity contribution in [3.8, 4) is 0 Å². The number of hydrogen-bond acceptors (Lipinski definition) is 1. The summed E-state index contributed by atoms with van der Waals surface area (Å²) in [6.45, 7) is 2.24. The van der Waals surface area contributed by atoms with Crippen LogP contribution in [0.3, 0.4) is 0 Å². The van der Waals surface area contributed by atoms with E-state index >= 15 is 0 Å². The van der Waals surface area contributed by atoms with Crippen molar-refractivity contribution < 1.29 is 4.39 Å². The zero-order valence-corrected chi connectivity index (χ0v) is 9.17. The Bertz CT molecular complexity index is 325. The van der Waals surface area contributed by atoms with E-state index in [0.29, 0.717) is 0 Å². The highest BCUT2D eigenvalue weighted by atomic mass is 19.1. The van der Waals surface area contributed by atoms with Crippen molar-refractivity contribution in [3.05, 3.63) is 35.6 Å². The van der Waals surface area contributed by atoms with Crippen molar-refractivity contribution in [1.29, 1.82) is 0 Å². The third kappa shape index (κ3) is 2.05. The van der Waals surface area contributed by atoms with Crippen LogP contribution in [0.2, 0.25) is 0 Å². The number of halogens is 1. The Labute approximate surface area is 90.5 Å². The Hall–Kier alpha value is -0.890. The minimum absolute atomic E-state index is 0.0422. The fraction of sp³-hybridized carbons (Fsp3) is 0.538. The first kappa shape index (κ1) is 10.6. The summed E-state index contributed by atoms with van der Waals surface area (Å²) in [5.74, 6) is -0.192. The Morgan fingerprint density at radius 1 is 1.20 bits per heavy atom. The zero-order chi connectivity index (χ0) is 10.9. The molecule has 1 aromatic rings. The summed E-state index contributed by atoms with van der Waals surface area (Å²) in [6, 6.07) is 6.65. The van der Waals surface area contributed by atoms with Crippen LogP contribution in [0.25, 0.3) is 0 Å². The summed E-state index contributed by atoms with van der Waals surface area (Å²) in [5.41, 5.74) is 7.52. The lowest BCUT2D eigenvalue weighted by Gasteiger charge is -2.31. The smallest absolute Gasteiger partial charge is 0.123 e. The van der Waals surface area contributed by atoms with E-state index < -0.39 is 0 Å². The fourth-order valence-electron chi connectivity index (χ4n) is 2.57. The molecule has 0 aliphatic heterocycles. The molecule has 15 heavy (non-hydrogen) atoms. The average molecular weight is 207 g/mol. The fourth-order valence-corrected chi connectivity index (χ4v) is 2.57. The Kier molecular flexibility index (Phi) is 2.79. The van der Waals surface area contributed by atoms with Crippen LogP contribution >= 0.6 is 0 Å². The molecular weight excluding hydrogens is 189 g/mol. The van der Waals surface area contributed by atoms with Gasteiger partial charge < -0.3 is 5.73 Å². The van der Waals surface area contributed by atoms with Crippen molar-refractivity contribution >= 4 is 0 Å². The topological polar surface area (TPSA) is 26.0 Å². The first-order chi connectivity index (χ1) is 7.12. The van der Waals surface area contributed by atoms with E-state index in [9.17, 15) is 4.39 Å². The molecule has 1 aliphatic carbocycles. The van der Waals surface area contributed by atoms with Gasteiger partial charge in [0.15, 0.2) is 0 Å². The largest absolute Gasteiger partial charge is 0.323 e. The van der Waals surface area contributed by atoms with E-state index in [1.807, 2.05) is 12.1 Å². The van der Waals surface area contributed by atoms with Crippen LogP contribution in [0.15, 0.2) is 24.3 Å². The van der Waals surface area contributed by atoms with Crippen LogP contribution in [-0.2, 0) is 0 Å². The molecule has 1 nitrogen and oxygen atoms in total. The summed E-state index contributed by atoms with van der Waals surface area (Å²) in [5, 5.41) is 0. The second-order valence-corrected chi connectivity index (χ2v) is 4.89. The van der Waals surface area contributed by atoms with Gasteiger partial charge in [0.25, 0.3) is 0 Å². The molecule has 1 fully saturated rings. The highest BCUT2D eigenvalue weighted by Crippen LogP contribution is 2.45. The van der Waals surface area contributed by atoms with Gasteiger partial charge in [-0.1, -0.05) is 31.9 Å². The van der Waals surface area contributed by atoms with Crippen molar-refractivity contribution in [1.82, 2.24) is 0 Å². The molecule has 2 N–H and O–H groups in total. The van der Waals surface area contributed by atoms with Gasteiger partial charge in [0.2, 0.25) is 0 Å². The Morgan fingerprint density at radius 2 is 1.73 bits per heavy atom. The van der Waals surface area contributed by atoms with E-state index in [1.165, 1.54) is 37.8 Å². The van der Waals surface area contributed by atoms with Crippen LogP contribution in [0.5, 0.6) is 0 Å². The Morgan fingerprint density at radius 3 is 2.27 bits per heavy atom. The molecule has 1 atom stereocenters. The number of rotatable bonds is 2. The molecule has 2 heteroatoms. The second kappa shape index (κ2) is 3.93. The lowest BCUT2D eigenvalue weighted by molar-refractivity contribution is 0.265. The quantitative estimate of drug-likeness (QED) is 0.790. The van der Waals surface area contributed by atoms with Crippen LogP contribution in [0, 0.1) is 11.2 Å². The molecule has 82 valence electrons. The van der Waals surface area contributed by atoms with E-state index in [2.05, 4.69) is 6.92 Å². The van der Waals surface area contributed by atoms with Crippen LogP contribution in [-0.4, -0.2) is 0 Å². The molecule has 0 spiro atoms. The maximum absolute atomic E-state index is 12.8. The minimum atomic E-state index is -0.192. The molecule has 0 amide bonds. The second-order valence-electron chi connectivity index (χ2n) is 4.89. The maximum atomic E-state index is 12.8. The van der Waals surface area contributed by atoms with Gasteiger partial charge in [0.1, 0.15) is 5.82 Å². The van der Waals surface area contributed by atoms with Gasteiger partial charge in [-0.05, 0) is 36.0 Å². The number of nitrogens with two attached hydrogens (primary N) is 1. The van der Waals surface area contributed by atoms with Crippen molar-refractivity contribution in [2.45, 2.75) is 38.6 Å². The van der Waals surface area contributed by atoms with Crippen molar-refractivity contribution in [2.24, 2.45) is 11.1 Å². The van der Waals surface area contributed by atoms with E-state index in [1.54, 1.807) is 0 Å². The number of hydrogen-bond donors (Lipinski definition) is 1. The normalized spacial score (nSPS) is 21.5. The van der Waals surface area contributed by atoms with Crippen molar-refractivity contribution in [3.63, 3.8) is 0 Å². The van der Waals surface area contributed by atoms with Gasteiger partial charge in [-0.2, -0.15) is 0 Å². The van der Waals surface area contributed by atoms with Gasteiger partial charge in [0, 0.05) is 6.04 Å². The molecular formula is C13H18FN. The zero-order valence-electron chi connectivity index (χ0n) is 9.17. The average Bonchev–Trinajstić information content (AvgIpc) is 2.67. The third-order valence-corrected chi connectivity index (χ3v) is 3.73. The molecule has 1 aliphatic rings. The summed E-state index contributed by atoms with van der Waals surface area (Å²) in [4.78, 5) is 0.